The third-order valence-corrected chi connectivity index (χ3v) is 3.09. The zero-order valence-corrected chi connectivity index (χ0v) is 10.2. The lowest BCUT2D eigenvalue weighted by Crippen LogP contribution is -2.27. The van der Waals surface area contributed by atoms with Gasteiger partial charge in [-0.1, -0.05) is 0 Å². The molecule has 6 heteroatoms. The number of rotatable bonds is 2. The quantitative estimate of drug-likeness (QED) is 0.848. The minimum atomic E-state index is -0.266. The second kappa shape index (κ2) is 3.69. The predicted molar refractivity (Wildman–Crippen MR) is 64.5 cm³/mol. The Balaban J connectivity index is 2.20. The highest BCUT2D eigenvalue weighted by molar-refractivity contribution is 6.06. The van der Waals surface area contributed by atoms with Gasteiger partial charge >= 0.3 is 0 Å². The molecule has 0 spiro atoms. The molecule has 0 aromatic carbocycles. The van der Waals surface area contributed by atoms with Crippen molar-refractivity contribution in [1.29, 1.82) is 0 Å². The summed E-state index contributed by atoms with van der Waals surface area (Å²) in [6.07, 6.45) is 3.38. The number of amides is 1. The van der Waals surface area contributed by atoms with Crippen molar-refractivity contribution >= 4 is 17.0 Å². The predicted octanol–water partition coefficient (Wildman–Crippen LogP) is 0.727. The van der Waals surface area contributed by atoms with E-state index in [2.05, 4.69) is 10.3 Å². The van der Waals surface area contributed by atoms with Crippen LogP contribution in [0.25, 0.3) is 11.1 Å². The smallest absolute Gasteiger partial charge is 0.265 e. The summed E-state index contributed by atoms with van der Waals surface area (Å²) < 4.78 is 6.71. The van der Waals surface area contributed by atoms with Crippen LogP contribution < -0.4 is 10.9 Å². The van der Waals surface area contributed by atoms with Crippen molar-refractivity contribution in [2.24, 2.45) is 7.05 Å². The maximum absolute atomic E-state index is 12.1. The van der Waals surface area contributed by atoms with Gasteiger partial charge in [-0.05, 0) is 19.8 Å². The van der Waals surface area contributed by atoms with Crippen LogP contribution in [-0.2, 0) is 7.05 Å². The minimum absolute atomic E-state index is 0.219. The van der Waals surface area contributed by atoms with E-state index < -0.39 is 0 Å². The molecule has 94 valence electrons. The molecule has 0 saturated heterocycles. The SMILES string of the molecule is Cc1oc2ncn(C)c(=O)c2c1C(=O)NC1CC1. The summed E-state index contributed by atoms with van der Waals surface area (Å²) in [7, 11) is 1.60. The Bertz CT molecular complexity index is 694. The number of aromatic nitrogens is 2. The lowest BCUT2D eigenvalue weighted by Gasteiger charge is -2.02. The van der Waals surface area contributed by atoms with Crippen LogP contribution in [0.3, 0.4) is 0 Å². The van der Waals surface area contributed by atoms with Gasteiger partial charge in [-0.25, -0.2) is 4.98 Å². The molecule has 0 radical (unpaired) electrons. The first kappa shape index (κ1) is 11.0. The van der Waals surface area contributed by atoms with Gasteiger partial charge in [0.1, 0.15) is 17.5 Å². The second-order valence-electron chi connectivity index (χ2n) is 4.62. The fourth-order valence-electron chi connectivity index (χ4n) is 1.95. The maximum Gasteiger partial charge on any atom is 0.265 e. The van der Waals surface area contributed by atoms with E-state index >= 15 is 0 Å². The first-order valence-corrected chi connectivity index (χ1v) is 5.83. The Labute approximate surface area is 103 Å². The van der Waals surface area contributed by atoms with Crippen LogP contribution in [0, 0.1) is 6.92 Å². The lowest BCUT2D eigenvalue weighted by molar-refractivity contribution is 0.0951. The number of nitrogens with zero attached hydrogens (tertiary/aromatic N) is 2. The van der Waals surface area contributed by atoms with Gasteiger partial charge in [0.15, 0.2) is 0 Å². The van der Waals surface area contributed by atoms with Crippen LogP contribution in [0.1, 0.15) is 29.0 Å². The first-order valence-electron chi connectivity index (χ1n) is 5.83. The van der Waals surface area contributed by atoms with E-state index in [9.17, 15) is 9.59 Å². The molecule has 1 aliphatic carbocycles. The molecule has 2 heterocycles. The molecule has 1 N–H and O–H groups in total. The van der Waals surface area contributed by atoms with Crippen LogP contribution >= 0.6 is 0 Å². The Morgan fingerprint density at radius 3 is 2.94 bits per heavy atom. The number of hydrogen-bond acceptors (Lipinski definition) is 4. The van der Waals surface area contributed by atoms with Gasteiger partial charge in [0.05, 0.1) is 5.56 Å². The molecule has 1 aliphatic rings. The molecule has 0 atom stereocenters. The third-order valence-electron chi connectivity index (χ3n) is 3.09. The zero-order valence-electron chi connectivity index (χ0n) is 10.2. The topological polar surface area (TPSA) is 77.1 Å². The van der Waals surface area contributed by atoms with E-state index in [4.69, 9.17) is 4.42 Å². The largest absolute Gasteiger partial charge is 0.442 e. The molecule has 2 aromatic rings. The number of aryl methyl sites for hydroxylation is 2. The summed E-state index contributed by atoms with van der Waals surface area (Å²) in [4.78, 5) is 28.2. The summed E-state index contributed by atoms with van der Waals surface area (Å²) in [6, 6.07) is 0.238. The van der Waals surface area contributed by atoms with Gasteiger partial charge in [-0.2, -0.15) is 0 Å². The van der Waals surface area contributed by atoms with E-state index in [1.54, 1.807) is 14.0 Å². The molecule has 0 aliphatic heterocycles. The van der Waals surface area contributed by atoms with E-state index in [0.717, 1.165) is 12.8 Å². The molecule has 3 rings (SSSR count). The Hall–Kier alpha value is -2.11. The molecule has 6 nitrogen and oxygen atoms in total. The maximum atomic E-state index is 12.1. The van der Waals surface area contributed by atoms with Crippen molar-refractivity contribution in [2.45, 2.75) is 25.8 Å². The molecule has 0 unspecified atom stereocenters. The number of fused-ring (bicyclic) bond motifs is 1. The van der Waals surface area contributed by atoms with Gasteiger partial charge in [-0.15, -0.1) is 0 Å². The van der Waals surface area contributed by atoms with Crippen molar-refractivity contribution in [1.82, 2.24) is 14.9 Å². The monoisotopic (exact) mass is 247 g/mol. The van der Waals surface area contributed by atoms with Crippen LogP contribution in [0.5, 0.6) is 0 Å². The van der Waals surface area contributed by atoms with E-state index in [-0.39, 0.29) is 28.6 Å². The molecule has 1 amide bonds. The fourth-order valence-corrected chi connectivity index (χ4v) is 1.95. The summed E-state index contributed by atoms with van der Waals surface area (Å²) in [5.41, 5.74) is 0.264. The van der Waals surface area contributed by atoms with Crippen LogP contribution in [0.15, 0.2) is 15.5 Å². The number of furan rings is 1. The number of hydrogen-bond donors (Lipinski definition) is 1. The molecule has 1 saturated carbocycles. The zero-order chi connectivity index (χ0) is 12.9. The van der Waals surface area contributed by atoms with Gasteiger partial charge in [0.2, 0.25) is 5.71 Å². The summed E-state index contributed by atoms with van der Waals surface area (Å²) >= 11 is 0. The van der Waals surface area contributed by atoms with E-state index in [0.29, 0.717) is 11.3 Å². The summed E-state index contributed by atoms with van der Waals surface area (Å²) in [5.74, 6) is 0.179. The molecular weight excluding hydrogens is 234 g/mol. The summed E-state index contributed by atoms with van der Waals surface area (Å²) in [5, 5.41) is 3.12. The van der Waals surface area contributed by atoms with Crippen LogP contribution in [0.2, 0.25) is 0 Å². The highest BCUT2D eigenvalue weighted by atomic mass is 16.3. The highest BCUT2D eigenvalue weighted by Gasteiger charge is 2.28. The van der Waals surface area contributed by atoms with Crippen molar-refractivity contribution < 1.29 is 9.21 Å². The van der Waals surface area contributed by atoms with Gasteiger partial charge in [-0.3, -0.25) is 9.59 Å². The van der Waals surface area contributed by atoms with E-state index in [1.165, 1.54) is 10.9 Å². The molecular formula is C12H13N3O3. The number of nitrogens with one attached hydrogen (secondary N) is 1. The molecule has 0 bridgehead atoms. The van der Waals surface area contributed by atoms with Crippen molar-refractivity contribution in [3.8, 4) is 0 Å². The number of carbonyl (C=O) groups excluding carboxylic acids is 1. The van der Waals surface area contributed by atoms with Crippen LogP contribution in [-0.4, -0.2) is 21.5 Å². The van der Waals surface area contributed by atoms with Crippen molar-refractivity contribution in [3.05, 3.63) is 28.0 Å². The van der Waals surface area contributed by atoms with Crippen molar-refractivity contribution in [2.75, 3.05) is 0 Å². The molecule has 1 fully saturated rings. The second-order valence-corrected chi connectivity index (χ2v) is 4.62. The van der Waals surface area contributed by atoms with E-state index in [1.807, 2.05) is 0 Å². The standard InChI is InChI=1S/C12H13N3O3/c1-6-8(10(16)14-7-3-4-7)9-11(18-6)13-5-15(2)12(9)17/h5,7H,3-4H2,1-2H3,(H,14,16). The molecule has 18 heavy (non-hydrogen) atoms. The van der Waals surface area contributed by atoms with Gasteiger partial charge in [0.25, 0.3) is 11.5 Å². The Morgan fingerprint density at radius 1 is 1.56 bits per heavy atom. The average Bonchev–Trinajstić information content (AvgIpc) is 3.05. The highest BCUT2D eigenvalue weighted by Crippen LogP contribution is 2.23. The van der Waals surface area contributed by atoms with Gasteiger partial charge in [0, 0.05) is 13.1 Å². The lowest BCUT2D eigenvalue weighted by atomic mass is 10.2. The summed E-state index contributed by atoms with van der Waals surface area (Å²) in [6.45, 7) is 1.67. The first-order chi connectivity index (χ1) is 8.58. The Kier molecular flexibility index (Phi) is 2.26. The third kappa shape index (κ3) is 1.61. The number of carbonyl (C=O) groups is 1. The van der Waals surface area contributed by atoms with Gasteiger partial charge < -0.3 is 14.3 Å². The molecule has 2 aromatic heterocycles. The fraction of sp³-hybridized carbons (Fsp3) is 0.417. The van der Waals surface area contributed by atoms with Crippen LogP contribution in [0.4, 0.5) is 0 Å². The normalized spacial score (nSPS) is 15.0. The minimum Gasteiger partial charge on any atom is -0.442 e. The Morgan fingerprint density at radius 2 is 2.28 bits per heavy atom. The van der Waals surface area contributed by atoms with Crippen molar-refractivity contribution in [3.63, 3.8) is 0 Å². The average molecular weight is 247 g/mol.